The van der Waals surface area contributed by atoms with Crippen molar-refractivity contribution in [2.24, 2.45) is 5.73 Å². The van der Waals surface area contributed by atoms with Gasteiger partial charge >= 0.3 is 0 Å². The lowest BCUT2D eigenvalue weighted by Gasteiger charge is -2.31. The van der Waals surface area contributed by atoms with Crippen LogP contribution in [0.2, 0.25) is 0 Å². The van der Waals surface area contributed by atoms with Gasteiger partial charge in [0.05, 0.1) is 13.1 Å². The van der Waals surface area contributed by atoms with Gasteiger partial charge in [0.15, 0.2) is 0 Å². The molecule has 2 aromatic rings. The lowest BCUT2D eigenvalue weighted by molar-refractivity contribution is -0.136. The van der Waals surface area contributed by atoms with Crippen LogP contribution in [-0.2, 0) is 16.1 Å². The van der Waals surface area contributed by atoms with E-state index in [2.05, 4.69) is 10.1 Å². The fraction of sp³-hybridized carbons (Fsp3) is 0.286. The van der Waals surface area contributed by atoms with Crippen LogP contribution in [0.3, 0.4) is 0 Å². The summed E-state index contributed by atoms with van der Waals surface area (Å²) in [5.74, 6) is 0.598. The molecule has 1 fully saturated rings. The van der Waals surface area contributed by atoms with Crippen LogP contribution in [0.4, 0.5) is 5.69 Å². The molecule has 1 aliphatic heterocycles. The lowest BCUT2D eigenvalue weighted by Crippen LogP contribution is -2.52. The summed E-state index contributed by atoms with van der Waals surface area (Å²) >= 11 is 0. The SMILES string of the molecule is CN1CC(=O)N(c2ccc(-c3noc(CN)n3)cc2)CC1=O. The fourth-order valence-corrected chi connectivity index (χ4v) is 2.20. The van der Waals surface area contributed by atoms with Crippen molar-refractivity contribution in [1.29, 1.82) is 0 Å². The molecule has 1 aromatic heterocycles. The fourth-order valence-electron chi connectivity index (χ4n) is 2.20. The molecule has 0 spiro atoms. The van der Waals surface area contributed by atoms with Crippen molar-refractivity contribution in [1.82, 2.24) is 15.0 Å². The van der Waals surface area contributed by atoms with E-state index < -0.39 is 0 Å². The van der Waals surface area contributed by atoms with Gasteiger partial charge in [0.2, 0.25) is 23.5 Å². The second kappa shape index (κ2) is 5.57. The van der Waals surface area contributed by atoms with Crippen molar-refractivity contribution in [2.45, 2.75) is 6.54 Å². The highest BCUT2D eigenvalue weighted by Gasteiger charge is 2.28. The van der Waals surface area contributed by atoms with Crippen LogP contribution < -0.4 is 10.6 Å². The number of benzene rings is 1. The van der Waals surface area contributed by atoms with Gasteiger partial charge in [-0.3, -0.25) is 9.59 Å². The van der Waals surface area contributed by atoms with E-state index in [1.807, 2.05) is 0 Å². The monoisotopic (exact) mass is 301 g/mol. The minimum atomic E-state index is -0.111. The molecule has 0 saturated carbocycles. The van der Waals surface area contributed by atoms with E-state index in [0.29, 0.717) is 17.4 Å². The van der Waals surface area contributed by atoms with Gasteiger partial charge in [-0.1, -0.05) is 5.16 Å². The summed E-state index contributed by atoms with van der Waals surface area (Å²) < 4.78 is 4.96. The summed E-state index contributed by atoms with van der Waals surface area (Å²) in [6, 6.07) is 7.06. The first-order chi connectivity index (χ1) is 10.6. The third-order valence-corrected chi connectivity index (χ3v) is 3.47. The molecule has 1 aliphatic rings. The number of rotatable bonds is 3. The van der Waals surface area contributed by atoms with E-state index in [1.54, 1.807) is 31.3 Å². The number of carbonyl (C=O) groups excluding carboxylic acids is 2. The molecule has 0 atom stereocenters. The van der Waals surface area contributed by atoms with Crippen molar-refractivity contribution < 1.29 is 14.1 Å². The minimum absolute atomic E-state index is 0.0498. The van der Waals surface area contributed by atoms with Crippen LogP contribution in [0, 0.1) is 0 Å². The van der Waals surface area contributed by atoms with Gasteiger partial charge in [0.25, 0.3) is 0 Å². The molecule has 3 rings (SSSR count). The molecule has 1 aromatic carbocycles. The maximum Gasteiger partial charge on any atom is 0.247 e. The Morgan fingerprint density at radius 3 is 2.55 bits per heavy atom. The van der Waals surface area contributed by atoms with E-state index in [9.17, 15) is 9.59 Å². The topological polar surface area (TPSA) is 106 Å². The zero-order valence-corrected chi connectivity index (χ0v) is 12.0. The second-order valence-electron chi connectivity index (χ2n) is 4.99. The van der Waals surface area contributed by atoms with E-state index in [4.69, 9.17) is 10.3 Å². The van der Waals surface area contributed by atoms with Gasteiger partial charge in [-0.2, -0.15) is 4.98 Å². The quantitative estimate of drug-likeness (QED) is 0.855. The molecule has 2 N–H and O–H groups in total. The van der Waals surface area contributed by atoms with Crippen molar-refractivity contribution in [3.8, 4) is 11.4 Å². The van der Waals surface area contributed by atoms with E-state index in [-0.39, 0.29) is 31.4 Å². The summed E-state index contributed by atoms with van der Waals surface area (Å²) in [6.07, 6.45) is 0. The second-order valence-corrected chi connectivity index (χ2v) is 4.99. The van der Waals surface area contributed by atoms with Gasteiger partial charge in [0, 0.05) is 18.3 Å². The molecule has 2 heterocycles. The molecule has 0 bridgehead atoms. The highest BCUT2D eigenvalue weighted by atomic mass is 16.5. The Morgan fingerprint density at radius 2 is 1.91 bits per heavy atom. The molecule has 8 nitrogen and oxygen atoms in total. The number of nitrogens with zero attached hydrogens (tertiary/aromatic N) is 4. The van der Waals surface area contributed by atoms with Crippen LogP contribution in [0.5, 0.6) is 0 Å². The maximum absolute atomic E-state index is 12.0. The molecule has 8 heteroatoms. The van der Waals surface area contributed by atoms with Crippen molar-refractivity contribution in [3.63, 3.8) is 0 Å². The summed E-state index contributed by atoms with van der Waals surface area (Å²) in [5, 5.41) is 3.83. The summed E-state index contributed by atoms with van der Waals surface area (Å²) in [6.45, 7) is 0.322. The van der Waals surface area contributed by atoms with Crippen LogP contribution in [0.1, 0.15) is 5.89 Å². The number of piperazine rings is 1. The highest BCUT2D eigenvalue weighted by molar-refractivity contribution is 6.04. The predicted octanol–water partition coefficient (Wildman–Crippen LogP) is 0.000300. The largest absolute Gasteiger partial charge is 0.338 e. The number of carbonyl (C=O) groups is 2. The average molecular weight is 301 g/mol. The van der Waals surface area contributed by atoms with Gasteiger partial charge in [-0.15, -0.1) is 0 Å². The standard InChI is InChI=1S/C14H15N5O3/c1-18-7-13(21)19(8-12(18)20)10-4-2-9(3-5-10)14-16-11(6-15)22-17-14/h2-5H,6-8,15H2,1H3. The van der Waals surface area contributed by atoms with Gasteiger partial charge < -0.3 is 20.1 Å². The smallest absolute Gasteiger partial charge is 0.247 e. The van der Waals surface area contributed by atoms with Crippen molar-refractivity contribution in [2.75, 3.05) is 25.0 Å². The summed E-state index contributed by atoms with van der Waals surface area (Å²) in [5.41, 5.74) is 6.84. The molecule has 2 amide bonds. The Labute approximate surface area is 126 Å². The molecule has 0 unspecified atom stereocenters. The zero-order valence-electron chi connectivity index (χ0n) is 12.0. The third-order valence-electron chi connectivity index (χ3n) is 3.47. The first-order valence-electron chi connectivity index (χ1n) is 6.76. The Morgan fingerprint density at radius 1 is 1.18 bits per heavy atom. The van der Waals surface area contributed by atoms with Crippen molar-refractivity contribution >= 4 is 17.5 Å². The molecule has 1 saturated heterocycles. The molecule has 0 aliphatic carbocycles. The van der Waals surface area contributed by atoms with Crippen molar-refractivity contribution in [3.05, 3.63) is 30.2 Å². The number of hydrogen-bond donors (Lipinski definition) is 1. The Balaban J connectivity index is 1.82. The molecule has 114 valence electrons. The lowest BCUT2D eigenvalue weighted by atomic mass is 10.1. The van der Waals surface area contributed by atoms with E-state index in [1.165, 1.54) is 9.80 Å². The number of aromatic nitrogens is 2. The number of anilines is 1. The Bertz CT molecular complexity index is 710. The molecule has 22 heavy (non-hydrogen) atoms. The molecular weight excluding hydrogens is 286 g/mol. The highest BCUT2D eigenvalue weighted by Crippen LogP contribution is 2.22. The normalized spacial score (nSPS) is 15.5. The Hall–Kier alpha value is -2.74. The first-order valence-corrected chi connectivity index (χ1v) is 6.76. The van der Waals surface area contributed by atoms with Crippen LogP contribution in [-0.4, -0.2) is 47.0 Å². The summed E-state index contributed by atoms with van der Waals surface area (Å²) in [7, 11) is 1.62. The van der Waals surface area contributed by atoms with Gasteiger partial charge in [-0.25, -0.2) is 0 Å². The number of nitrogens with two attached hydrogens (primary N) is 1. The first kappa shape index (κ1) is 14.2. The molecular formula is C14H15N5O3. The van der Waals surface area contributed by atoms with Gasteiger partial charge in [-0.05, 0) is 24.3 Å². The predicted molar refractivity (Wildman–Crippen MR) is 77.6 cm³/mol. The van der Waals surface area contributed by atoms with E-state index in [0.717, 1.165) is 5.56 Å². The van der Waals surface area contributed by atoms with Gasteiger partial charge in [0.1, 0.15) is 6.54 Å². The third kappa shape index (κ3) is 2.56. The van der Waals surface area contributed by atoms with E-state index >= 15 is 0 Å². The number of likely N-dealkylation sites (N-methyl/N-ethyl adjacent to an activating group) is 1. The average Bonchev–Trinajstić information content (AvgIpc) is 3.00. The summed E-state index contributed by atoms with van der Waals surface area (Å²) in [4.78, 5) is 30.8. The van der Waals surface area contributed by atoms with Crippen LogP contribution >= 0.6 is 0 Å². The maximum atomic E-state index is 12.0. The minimum Gasteiger partial charge on any atom is -0.338 e. The molecule has 0 radical (unpaired) electrons. The number of amides is 2. The van der Waals surface area contributed by atoms with Crippen LogP contribution in [0.25, 0.3) is 11.4 Å². The number of hydrogen-bond acceptors (Lipinski definition) is 6. The zero-order chi connectivity index (χ0) is 15.7. The van der Waals surface area contributed by atoms with Crippen LogP contribution in [0.15, 0.2) is 28.8 Å². The Kier molecular flexibility index (Phi) is 3.60.